The van der Waals surface area contributed by atoms with Crippen LogP contribution < -0.4 is 5.32 Å². The number of halogens is 2. The first-order valence-corrected chi connectivity index (χ1v) is 6.96. The fourth-order valence-electron chi connectivity index (χ4n) is 1.74. The molecule has 0 aromatic heterocycles. The molecule has 2 rings (SSSR count). The number of hydrogen-bond donors (Lipinski definition) is 1. The summed E-state index contributed by atoms with van der Waals surface area (Å²) in [7, 11) is 0. The van der Waals surface area contributed by atoms with Crippen LogP contribution >= 0.6 is 27.5 Å². The largest absolute Gasteiger partial charge is 0.381 e. The first-order chi connectivity index (χ1) is 9.10. The molecule has 0 atom stereocenters. The van der Waals surface area contributed by atoms with E-state index < -0.39 is 0 Å². The van der Waals surface area contributed by atoms with Crippen molar-refractivity contribution >= 4 is 33.2 Å². The molecule has 0 heterocycles. The average molecular weight is 336 g/mol. The molecule has 0 aliphatic heterocycles. The lowest BCUT2D eigenvalue weighted by Crippen LogP contribution is -2.02. The number of hydrogen-bond acceptors (Lipinski definition) is 2. The van der Waals surface area contributed by atoms with Gasteiger partial charge in [-0.1, -0.05) is 39.7 Å². The predicted molar refractivity (Wildman–Crippen MR) is 82.4 cm³/mol. The number of nitrogens with one attached hydrogen (secondary N) is 1. The zero-order valence-corrected chi connectivity index (χ0v) is 12.7. The van der Waals surface area contributed by atoms with Gasteiger partial charge >= 0.3 is 0 Å². The van der Waals surface area contributed by atoms with E-state index in [2.05, 4.69) is 27.3 Å². The molecule has 0 saturated heterocycles. The van der Waals surface area contributed by atoms with E-state index in [1.165, 1.54) is 0 Å². The molecule has 2 aromatic carbocycles. The molecule has 4 heteroatoms. The summed E-state index contributed by atoms with van der Waals surface area (Å²) in [6.07, 6.45) is 0. The highest BCUT2D eigenvalue weighted by Gasteiger charge is 2.03. The van der Waals surface area contributed by atoms with Crippen molar-refractivity contribution in [2.45, 2.75) is 13.5 Å². The van der Waals surface area contributed by atoms with Gasteiger partial charge in [0.2, 0.25) is 0 Å². The smallest absolute Gasteiger partial charge is 0.0992 e. The summed E-state index contributed by atoms with van der Waals surface area (Å²) in [5, 5.41) is 13.0. The van der Waals surface area contributed by atoms with E-state index in [9.17, 15) is 0 Å². The molecule has 0 saturated carbocycles. The second-order valence-corrected chi connectivity index (χ2v) is 5.52. The van der Waals surface area contributed by atoms with E-state index in [1.54, 1.807) is 0 Å². The molecule has 0 bridgehead atoms. The number of nitrogens with zero attached hydrogens (tertiary/aromatic N) is 1. The zero-order valence-electron chi connectivity index (χ0n) is 10.4. The Morgan fingerprint density at radius 2 is 2.05 bits per heavy atom. The fraction of sp³-hybridized carbons (Fsp3) is 0.133. The third-order valence-electron chi connectivity index (χ3n) is 2.85. The van der Waals surface area contributed by atoms with Crippen molar-refractivity contribution in [2.24, 2.45) is 0 Å². The second kappa shape index (κ2) is 6.10. The van der Waals surface area contributed by atoms with Crippen LogP contribution in [0.5, 0.6) is 0 Å². The summed E-state index contributed by atoms with van der Waals surface area (Å²) in [5.41, 5.74) is 3.86. The SMILES string of the molecule is Cc1ccc(C#N)cc1NCc1ccc(Cl)cc1Br. The molecule has 96 valence electrons. The molecule has 2 aromatic rings. The first-order valence-electron chi connectivity index (χ1n) is 5.78. The lowest BCUT2D eigenvalue weighted by atomic mass is 10.1. The number of anilines is 1. The van der Waals surface area contributed by atoms with Crippen molar-refractivity contribution in [3.8, 4) is 6.07 Å². The van der Waals surface area contributed by atoms with Gasteiger partial charge in [0.1, 0.15) is 0 Å². The van der Waals surface area contributed by atoms with Crippen LogP contribution in [0.4, 0.5) is 5.69 Å². The van der Waals surface area contributed by atoms with Crippen molar-refractivity contribution in [1.29, 1.82) is 5.26 Å². The summed E-state index contributed by atoms with van der Waals surface area (Å²) in [5.74, 6) is 0. The molecule has 2 nitrogen and oxygen atoms in total. The van der Waals surface area contributed by atoms with Crippen molar-refractivity contribution in [3.63, 3.8) is 0 Å². The topological polar surface area (TPSA) is 35.8 Å². The fourth-order valence-corrected chi connectivity index (χ4v) is 2.56. The van der Waals surface area contributed by atoms with Crippen molar-refractivity contribution < 1.29 is 0 Å². The molecule has 19 heavy (non-hydrogen) atoms. The maximum absolute atomic E-state index is 8.91. The summed E-state index contributed by atoms with van der Waals surface area (Å²) in [6.45, 7) is 2.69. The minimum absolute atomic E-state index is 0.656. The van der Waals surface area contributed by atoms with E-state index in [0.717, 1.165) is 21.3 Å². The van der Waals surface area contributed by atoms with Gasteiger partial charge in [-0.25, -0.2) is 0 Å². The van der Waals surface area contributed by atoms with Gasteiger partial charge in [-0.05, 0) is 42.3 Å². The van der Waals surface area contributed by atoms with Crippen molar-refractivity contribution in [2.75, 3.05) is 5.32 Å². The molecule has 1 N–H and O–H groups in total. The maximum atomic E-state index is 8.91. The van der Waals surface area contributed by atoms with Gasteiger partial charge in [0.15, 0.2) is 0 Å². The van der Waals surface area contributed by atoms with Crippen molar-refractivity contribution in [3.05, 3.63) is 62.6 Å². The van der Waals surface area contributed by atoms with Gasteiger partial charge in [-0.2, -0.15) is 5.26 Å². The van der Waals surface area contributed by atoms with Crippen LogP contribution in [0.1, 0.15) is 16.7 Å². The maximum Gasteiger partial charge on any atom is 0.0992 e. The summed E-state index contributed by atoms with van der Waals surface area (Å²) in [4.78, 5) is 0. The Bertz CT molecular complexity index is 647. The van der Waals surface area contributed by atoms with Gasteiger partial charge in [0.05, 0.1) is 11.6 Å². The van der Waals surface area contributed by atoms with Gasteiger partial charge in [-0.3, -0.25) is 0 Å². The number of rotatable bonds is 3. The standard InChI is InChI=1S/C15H12BrClN2/c1-10-2-3-11(8-18)6-15(10)19-9-12-4-5-13(17)7-14(12)16/h2-7,19H,9H2,1H3. The first kappa shape index (κ1) is 13.9. The minimum atomic E-state index is 0.656. The Kier molecular flexibility index (Phi) is 4.47. The number of aryl methyl sites for hydroxylation is 1. The Morgan fingerprint density at radius 1 is 1.26 bits per heavy atom. The van der Waals surface area contributed by atoms with Crippen molar-refractivity contribution in [1.82, 2.24) is 0 Å². The monoisotopic (exact) mass is 334 g/mol. The van der Waals surface area contributed by atoms with Crippen LogP contribution in [0.3, 0.4) is 0 Å². The predicted octanol–water partition coefficient (Wildman–Crippen LogP) is 4.89. The highest BCUT2D eigenvalue weighted by atomic mass is 79.9. The van der Waals surface area contributed by atoms with Gasteiger partial charge < -0.3 is 5.32 Å². The molecular weight excluding hydrogens is 324 g/mol. The lowest BCUT2D eigenvalue weighted by molar-refractivity contribution is 1.13. The highest BCUT2D eigenvalue weighted by molar-refractivity contribution is 9.10. The van der Waals surface area contributed by atoms with Crippen LogP contribution in [-0.2, 0) is 6.54 Å². The third-order valence-corrected chi connectivity index (χ3v) is 3.82. The van der Waals surface area contributed by atoms with Crippen LogP contribution in [0.2, 0.25) is 5.02 Å². The van der Waals surface area contributed by atoms with E-state index in [-0.39, 0.29) is 0 Å². The summed E-state index contributed by atoms with van der Waals surface area (Å²) < 4.78 is 0.974. The Labute approximate surface area is 126 Å². The zero-order chi connectivity index (χ0) is 13.8. The molecule has 0 aliphatic rings. The number of nitriles is 1. The molecule has 0 amide bonds. The van der Waals surface area contributed by atoms with Crippen LogP contribution in [0.15, 0.2) is 40.9 Å². The van der Waals surface area contributed by atoms with Gasteiger partial charge in [0.25, 0.3) is 0 Å². The molecule has 0 unspecified atom stereocenters. The molecule has 0 spiro atoms. The average Bonchev–Trinajstić information content (AvgIpc) is 2.39. The van der Waals surface area contributed by atoms with Gasteiger partial charge in [-0.15, -0.1) is 0 Å². The Morgan fingerprint density at radius 3 is 2.74 bits per heavy atom. The van der Waals surface area contributed by atoms with Crippen LogP contribution in [0, 0.1) is 18.3 Å². The number of benzene rings is 2. The molecule has 0 fully saturated rings. The highest BCUT2D eigenvalue weighted by Crippen LogP contribution is 2.23. The summed E-state index contributed by atoms with van der Waals surface area (Å²) in [6, 6.07) is 13.5. The molecular formula is C15H12BrClN2. The van der Waals surface area contributed by atoms with Crippen LogP contribution in [-0.4, -0.2) is 0 Å². The second-order valence-electron chi connectivity index (χ2n) is 4.23. The lowest BCUT2D eigenvalue weighted by Gasteiger charge is -2.11. The van der Waals surface area contributed by atoms with Gasteiger partial charge in [0, 0.05) is 21.7 Å². The molecule has 0 aliphatic carbocycles. The quantitative estimate of drug-likeness (QED) is 0.866. The third kappa shape index (κ3) is 3.50. The van der Waals surface area contributed by atoms with E-state index in [4.69, 9.17) is 16.9 Å². The Balaban J connectivity index is 2.16. The molecule has 0 radical (unpaired) electrons. The van der Waals surface area contributed by atoms with E-state index in [1.807, 2.05) is 43.3 Å². The van der Waals surface area contributed by atoms with E-state index >= 15 is 0 Å². The van der Waals surface area contributed by atoms with E-state index in [0.29, 0.717) is 17.1 Å². The summed E-state index contributed by atoms with van der Waals surface area (Å²) >= 11 is 9.40. The Hall–Kier alpha value is -1.50. The van der Waals surface area contributed by atoms with Crippen LogP contribution in [0.25, 0.3) is 0 Å². The normalized spacial score (nSPS) is 10.0. The minimum Gasteiger partial charge on any atom is -0.381 e.